The van der Waals surface area contributed by atoms with Crippen LogP contribution in [0.1, 0.15) is 21.8 Å². The van der Waals surface area contributed by atoms with Crippen LogP contribution in [0.3, 0.4) is 0 Å². The van der Waals surface area contributed by atoms with Crippen LogP contribution in [0.25, 0.3) is 10.9 Å². The lowest BCUT2D eigenvalue weighted by Crippen LogP contribution is -2.35. The number of carbonyl (C=O) groups is 1. The molecule has 1 aromatic carbocycles. The third kappa shape index (κ3) is 3.79. The number of aromatic amines is 1. The van der Waals surface area contributed by atoms with E-state index >= 15 is 0 Å². The van der Waals surface area contributed by atoms with E-state index in [1.165, 1.54) is 10.9 Å². The Kier molecular flexibility index (Phi) is 4.99. The molecule has 1 fully saturated rings. The SMILES string of the molecule is O=C(NCCc1c[nH]c2ccccc12)c1cc(CN2CCOCC2)on1. The predicted octanol–water partition coefficient (Wildman–Crippen LogP) is 1.96. The largest absolute Gasteiger partial charge is 0.379 e. The van der Waals surface area contributed by atoms with Crippen LogP contribution in [-0.4, -0.2) is 53.8 Å². The van der Waals surface area contributed by atoms with Crippen LogP contribution >= 0.6 is 0 Å². The number of fused-ring (bicyclic) bond motifs is 1. The molecule has 0 saturated carbocycles. The maximum absolute atomic E-state index is 12.3. The maximum Gasteiger partial charge on any atom is 0.273 e. The topological polar surface area (TPSA) is 83.4 Å². The molecule has 0 unspecified atom stereocenters. The number of hydrogen-bond donors (Lipinski definition) is 2. The average Bonchev–Trinajstić information content (AvgIpc) is 3.30. The smallest absolute Gasteiger partial charge is 0.273 e. The molecule has 1 aliphatic heterocycles. The summed E-state index contributed by atoms with van der Waals surface area (Å²) < 4.78 is 10.6. The van der Waals surface area contributed by atoms with Gasteiger partial charge in [-0.2, -0.15) is 0 Å². The third-order valence-electron chi connectivity index (χ3n) is 4.63. The minimum Gasteiger partial charge on any atom is -0.379 e. The molecule has 0 bridgehead atoms. The molecule has 2 N–H and O–H groups in total. The first-order valence-corrected chi connectivity index (χ1v) is 8.88. The van der Waals surface area contributed by atoms with Gasteiger partial charge in [0.15, 0.2) is 11.5 Å². The van der Waals surface area contributed by atoms with E-state index in [9.17, 15) is 4.79 Å². The summed E-state index contributed by atoms with van der Waals surface area (Å²) in [5.74, 6) is 0.496. The Morgan fingerprint density at radius 3 is 3.00 bits per heavy atom. The lowest BCUT2D eigenvalue weighted by Gasteiger charge is -2.25. The number of para-hydroxylation sites is 1. The van der Waals surface area contributed by atoms with Gasteiger partial charge in [0, 0.05) is 42.8 Å². The standard InChI is InChI=1S/C19H22N4O3/c24-19(18-11-15(26-22-18)13-23-7-9-25-10-8-23)20-6-5-14-12-21-17-4-2-1-3-16(14)17/h1-4,11-12,21H,5-10,13H2,(H,20,24). The Morgan fingerprint density at radius 2 is 2.12 bits per heavy atom. The molecule has 0 aliphatic carbocycles. The number of morpholine rings is 1. The Bertz CT molecular complexity index is 880. The highest BCUT2D eigenvalue weighted by Crippen LogP contribution is 2.17. The van der Waals surface area contributed by atoms with E-state index in [-0.39, 0.29) is 5.91 Å². The van der Waals surface area contributed by atoms with Crippen molar-refractivity contribution in [2.45, 2.75) is 13.0 Å². The fraction of sp³-hybridized carbons (Fsp3) is 0.368. The maximum atomic E-state index is 12.3. The summed E-state index contributed by atoms with van der Waals surface area (Å²) in [6, 6.07) is 9.87. The molecule has 1 saturated heterocycles. The van der Waals surface area contributed by atoms with E-state index in [1.807, 2.05) is 24.4 Å². The summed E-state index contributed by atoms with van der Waals surface area (Å²) in [5, 5.41) is 8.00. The zero-order valence-corrected chi connectivity index (χ0v) is 14.5. The Labute approximate surface area is 151 Å². The summed E-state index contributed by atoms with van der Waals surface area (Å²) in [5.41, 5.74) is 2.62. The molecule has 7 heteroatoms. The summed E-state index contributed by atoms with van der Waals surface area (Å²) in [7, 11) is 0. The van der Waals surface area contributed by atoms with Crippen LogP contribution in [-0.2, 0) is 17.7 Å². The fourth-order valence-electron chi connectivity index (χ4n) is 3.21. The summed E-state index contributed by atoms with van der Waals surface area (Å²) in [6.45, 7) is 4.40. The normalized spacial score (nSPS) is 15.4. The number of amides is 1. The second-order valence-electron chi connectivity index (χ2n) is 6.43. The zero-order chi connectivity index (χ0) is 17.8. The second-order valence-corrected chi connectivity index (χ2v) is 6.43. The molecule has 1 aliphatic rings. The number of hydrogen-bond acceptors (Lipinski definition) is 5. The van der Waals surface area contributed by atoms with Crippen molar-refractivity contribution in [1.82, 2.24) is 20.4 Å². The van der Waals surface area contributed by atoms with Crippen LogP contribution in [0.15, 0.2) is 41.1 Å². The number of nitrogens with zero attached hydrogens (tertiary/aromatic N) is 2. The predicted molar refractivity (Wildman–Crippen MR) is 96.9 cm³/mol. The lowest BCUT2D eigenvalue weighted by molar-refractivity contribution is 0.0305. The van der Waals surface area contributed by atoms with Crippen LogP contribution < -0.4 is 5.32 Å². The van der Waals surface area contributed by atoms with Gasteiger partial charge in [-0.15, -0.1) is 0 Å². The van der Waals surface area contributed by atoms with Gasteiger partial charge in [0.2, 0.25) is 0 Å². The molecule has 0 spiro atoms. The van der Waals surface area contributed by atoms with Gasteiger partial charge in [-0.3, -0.25) is 9.69 Å². The highest BCUT2D eigenvalue weighted by atomic mass is 16.5. The van der Waals surface area contributed by atoms with Crippen molar-refractivity contribution >= 4 is 16.8 Å². The number of rotatable bonds is 6. The number of carbonyl (C=O) groups excluding carboxylic acids is 1. The van der Waals surface area contributed by atoms with Crippen molar-refractivity contribution in [2.75, 3.05) is 32.8 Å². The van der Waals surface area contributed by atoms with Crippen LogP contribution in [0, 0.1) is 0 Å². The van der Waals surface area contributed by atoms with Gasteiger partial charge >= 0.3 is 0 Å². The first-order chi connectivity index (χ1) is 12.8. The number of H-pyrrole nitrogens is 1. The van der Waals surface area contributed by atoms with E-state index in [2.05, 4.69) is 26.4 Å². The molecular weight excluding hydrogens is 332 g/mol. The van der Waals surface area contributed by atoms with E-state index in [4.69, 9.17) is 9.26 Å². The van der Waals surface area contributed by atoms with Crippen LogP contribution in [0.5, 0.6) is 0 Å². The van der Waals surface area contributed by atoms with Gasteiger partial charge < -0.3 is 19.6 Å². The summed E-state index contributed by atoms with van der Waals surface area (Å²) >= 11 is 0. The van der Waals surface area contributed by atoms with Gasteiger partial charge in [0.1, 0.15) is 0 Å². The average molecular weight is 354 g/mol. The summed E-state index contributed by atoms with van der Waals surface area (Å²) in [6.07, 6.45) is 2.75. The van der Waals surface area contributed by atoms with Crippen LogP contribution in [0.4, 0.5) is 0 Å². The number of benzene rings is 1. The molecule has 136 valence electrons. The molecule has 4 rings (SSSR count). The second kappa shape index (κ2) is 7.72. The molecule has 3 heterocycles. The first kappa shape index (κ1) is 16.8. The highest BCUT2D eigenvalue weighted by molar-refractivity contribution is 5.92. The molecular formula is C19H22N4O3. The minimum absolute atomic E-state index is 0.207. The van der Waals surface area contributed by atoms with E-state index in [0.717, 1.165) is 38.2 Å². The van der Waals surface area contributed by atoms with Crippen molar-refractivity contribution in [2.24, 2.45) is 0 Å². The van der Waals surface area contributed by atoms with Gasteiger partial charge in [-0.05, 0) is 18.1 Å². The van der Waals surface area contributed by atoms with Crippen molar-refractivity contribution < 1.29 is 14.1 Å². The monoisotopic (exact) mass is 354 g/mol. The number of aromatic nitrogens is 2. The van der Waals surface area contributed by atoms with Gasteiger partial charge in [-0.1, -0.05) is 23.4 Å². The molecule has 2 aromatic heterocycles. The van der Waals surface area contributed by atoms with Crippen molar-refractivity contribution in [3.05, 3.63) is 53.5 Å². The summed E-state index contributed by atoms with van der Waals surface area (Å²) in [4.78, 5) is 17.7. The molecule has 0 atom stereocenters. The van der Waals surface area contributed by atoms with E-state index < -0.39 is 0 Å². The Hall–Kier alpha value is -2.64. The highest BCUT2D eigenvalue weighted by Gasteiger charge is 2.16. The quantitative estimate of drug-likeness (QED) is 0.707. The van der Waals surface area contributed by atoms with Gasteiger partial charge in [0.25, 0.3) is 5.91 Å². The third-order valence-corrected chi connectivity index (χ3v) is 4.63. The van der Waals surface area contributed by atoms with Crippen molar-refractivity contribution in [3.63, 3.8) is 0 Å². The molecule has 0 radical (unpaired) electrons. The molecule has 26 heavy (non-hydrogen) atoms. The van der Waals surface area contributed by atoms with Crippen LogP contribution in [0.2, 0.25) is 0 Å². The Balaban J connectivity index is 1.29. The lowest BCUT2D eigenvalue weighted by atomic mass is 10.1. The van der Waals surface area contributed by atoms with Crippen molar-refractivity contribution in [1.29, 1.82) is 0 Å². The first-order valence-electron chi connectivity index (χ1n) is 8.88. The van der Waals surface area contributed by atoms with Gasteiger partial charge in [0.05, 0.1) is 19.8 Å². The Morgan fingerprint density at radius 1 is 1.27 bits per heavy atom. The van der Waals surface area contributed by atoms with E-state index in [0.29, 0.717) is 24.5 Å². The van der Waals surface area contributed by atoms with Crippen molar-refractivity contribution in [3.8, 4) is 0 Å². The fourth-order valence-corrected chi connectivity index (χ4v) is 3.21. The van der Waals surface area contributed by atoms with Gasteiger partial charge in [-0.25, -0.2) is 0 Å². The minimum atomic E-state index is -0.207. The van der Waals surface area contributed by atoms with E-state index in [1.54, 1.807) is 6.07 Å². The number of ether oxygens (including phenoxy) is 1. The zero-order valence-electron chi connectivity index (χ0n) is 14.5. The molecule has 3 aromatic rings. The molecule has 1 amide bonds. The number of nitrogens with one attached hydrogen (secondary N) is 2. The molecule has 7 nitrogen and oxygen atoms in total.